The predicted octanol–water partition coefficient (Wildman–Crippen LogP) is 4.47. The van der Waals surface area contributed by atoms with Gasteiger partial charge in [-0.1, -0.05) is 18.2 Å². The van der Waals surface area contributed by atoms with E-state index in [4.69, 9.17) is 19.9 Å². The summed E-state index contributed by atoms with van der Waals surface area (Å²) in [6.07, 6.45) is 2.79. The van der Waals surface area contributed by atoms with Crippen LogP contribution < -0.4 is 30.6 Å². The van der Waals surface area contributed by atoms with Crippen molar-refractivity contribution in [3.8, 4) is 17.2 Å². The highest BCUT2D eigenvalue weighted by molar-refractivity contribution is 6.03. The van der Waals surface area contributed by atoms with E-state index in [0.717, 1.165) is 0 Å². The molecule has 1 amide bonds. The van der Waals surface area contributed by atoms with Crippen molar-refractivity contribution in [3.05, 3.63) is 81.9 Å². The zero-order valence-electron chi connectivity index (χ0n) is 19.5. The summed E-state index contributed by atoms with van der Waals surface area (Å²) < 4.78 is 16.0. The van der Waals surface area contributed by atoms with Crippen LogP contribution in [0, 0.1) is 10.1 Å². The molecule has 0 unspecified atom stereocenters. The zero-order chi connectivity index (χ0) is 25.4. The van der Waals surface area contributed by atoms with E-state index in [1.807, 2.05) is 0 Å². The number of nitrogen functional groups attached to an aromatic ring is 1. The Kier molecular flexibility index (Phi) is 8.12. The number of hydrogen-bond donors (Lipinski definition) is 3. The average molecular weight is 479 g/mol. The summed E-state index contributed by atoms with van der Waals surface area (Å²) in [5.74, 6) is 0.958. The molecule has 0 radical (unpaired) electrons. The molecule has 0 atom stereocenters. The van der Waals surface area contributed by atoms with Crippen molar-refractivity contribution in [1.82, 2.24) is 0 Å². The van der Waals surface area contributed by atoms with Gasteiger partial charge in [0.2, 0.25) is 11.7 Å². The molecule has 4 N–H and O–H groups in total. The van der Waals surface area contributed by atoms with E-state index in [9.17, 15) is 14.9 Å². The number of benzene rings is 3. The first-order valence-electron chi connectivity index (χ1n) is 10.5. The molecule has 0 spiro atoms. The predicted molar refractivity (Wildman–Crippen MR) is 135 cm³/mol. The lowest BCUT2D eigenvalue weighted by Crippen LogP contribution is -2.09. The van der Waals surface area contributed by atoms with E-state index in [1.54, 1.807) is 48.5 Å². The van der Waals surface area contributed by atoms with Gasteiger partial charge in [0.15, 0.2) is 11.5 Å². The summed E-state index contributed by atoms with van der Waals surface area (Å²) in [5, 5.41) is 17.5. The number of anilines is 3. The molecule has 0 saturated carbocycles. The van der Waals surface area contributed by atoms with E-state index in [-0.39, 0.29) is 12.2 Å². The molecule has 0 aliphatic heterocycles. The van der Waals surface area contributed by atoms with Gasteiger partial charge in [0.25, 0.3) is 5.69 Å². The number of methoxy groups -OCH3 is 3. The maximum Gasteiger partial charge on any atom is 0.274 e. The van der Waals surface area contributed by atoms with E-state index >= 15 is 0 Å². The van der Waals surface area contributed by atoms with Crippen LogP contribution in [0.2, 0.25) is 0 Å². The van der Waals surface area contributed by atoms with Gasteiger partial charge in [0.05, 0.1) is 37.6 Å². The third-order valence-electron chi connectivity index (χ3n) is 5.10. The van der Waals surface area contributed by atoms with Crippen LogP contribution in [0.1, 0.15) is 11.1 Å². The number of hydrogen-bond acceptors (Lipinski definition) is 8. The summed E-state index contributed by atoms with van der Waals surface area (Å²) in [4.78, 5) is 23.4. The number of carbonyl (C=O) groups excluding carboxylic acids is 1. The highest BCUT2D eigenvalue weighted by Gasteiger charge is 2.16. The fourth-order valence-electron chi connectivity index (χ4n) is 3.34. The summed E-state index contributed by atoms with van der Waals surface area (Å²) in [6.45, 7) is 0.173. The Bertz CT molecular complexity index is 1230. The number of carbonyl (C=O) groups is 1. The molecule has 0 fully saturated rings. The Hall–Kier alpha value is -4.73. The largest absolute Gasteiger partial charge is 0.493 e. The Morgan fingerprint density at radius 3 is 2.31 bits per heavy atom. The second-order valence-corrected chi connectivity index (χ2v) is 7.32. The van der Waals surface area contributed by atoms with Crippen molar-refractivity contribution in [1.29, 1.82) is 0 Å². The van der Waals surface area contributed by atoms with Gasteiger partial charge in [-0.25, -0.2) is 0 Å². The number of nitro groups is 1. The minimum absolute atomic E-state index is 0.0835. The normalized spacial score (nSPS) is 10.6. The zero-order valence-corrected chi connectivity index (χ0v) is 19.5. The Morgan fingerprint density at radius 2 is 1.71 bits per heavy atom. The maximum atomic E-state index is 12.2. The number of nitrogens with one attached hydrogen (secondary N) is 2. The SMILES string of the molecule is COc1cc(NCc2ccc(C=CC(=O)Nc3ccccc3N)cc2[N+](=O)[O-])cc(OC)c1OC. The lowest BCUT2D eigenvalue weighted by atomic mass is 10.1. The van der Waals surface area contributed by atoms with Crippen LogP contribution in [0.25, 0.3) is 6.08 Å². The first-order chi connectivity index (χ1) is 16.9. The standard InChI is InChI=1S/C25H26N4O6/c1-33-22-13-18(14-23(34-2)25(22)35-3)27-15-17-10-8-16(12-21(17)29(31)32)9-11-24(30)28-20-7-5-4-6-19(20)26/h4-14,27H,15,26H2,1-3H3,(H,28,30). The summed E-state index contributed by atoms with van der Waals surface area (Å²) in [6, 6.07) is 15.0. The number of nitrogens with zero attached hydrogens (tertiary/aromatic N) is 1. The van der Waals surface area contributed by atoms with Crippen LogP contribution in [0.15, 0.2) is 60.7 Å². The topological polar surface area (TPSA) is 138 Å². The molecule has 0 bridgehead atoms. The highest BCUT2D eigenvalue weighted by Crippen LogP contribution is 2.40. The van der Waals surface area contributed by atoms with Crippen LogP contribution in [0.4, 0.5) is 22.7 Å². The molecule has 0 heterocycles. The van der Waals surface area contributed by atoms with Crippen molar-refractivity contribution in [2.45, 2.75) is 6.54 Å². The summed E-state index contributed by atoms with van der Waals surface area (Å²) in [7, 11) is 4.52. The van der Waals surface area contributed by atoms with Gasteiger partial charge in [-0.2, -0.15) is 0 Å². The smallest absolute Gasteiger partial charge is 0.274 e. The van der Waals surface area contributed by atoms with E-state index in [2.05, 4.69) is 10.6 Å². The van der Waals surface area contributed by atoms with Crippen molar-refractivity contribution in [3.63, 3.8) is 0 Å². The first kappa shape index (κ1) is 24.9. The minimum Gasteiger partial charge on any atom is -0.493 e. The van der Waals surface area contributed by atoms with Crippen LogP contribution >= 0.6 is 0 Å². The van der Waals surface area contributed by atoms with Crippen molar-refractivity contribution >= 4 is 34.7 Å². The molecule has 0 aliphatic rings. The number of ether oxygens (including phenoxy) is 3. The molecule has 10 nitrogen and oxygen atoms in total. The Morgan fingerprint density at radius 1 is 1.03 bits per heavy atom. The van der Waals surface area contributed by atoms with Crippen LogP contribution in [-0.4, -0.2) is 32.2 Å². The molecule has 3 aromatic rings. The molecule has 0 aromatic heterocycles. The molecule has 10 heteroatoms. The monoisotopic (exact) mass is 478 g/mol. The van der Waals surface area contributed by atoms with Crippen molar-refractivity contribution in [2.24, 2.45) is 0 Å². The van der Waals surface area contributed by atoms with E-state index < -0.39 is 10.8 Å². The molecule has 0 aliphatic carbocycles. The second-order valence-electron chi connectivity index (χ2n) is 7.32. The maximum absolute atomic E-state index is 12.2. The number of para-hydroxylation sites is 2. The lowest BCUT2D eigenvalue weighted by molar-refractivity contribution is -0.385. The second kappa shape index (κ2) is 11.4. The molecule has 3 rings (SSSR count). The van der Waals surface area contributed by atoms with Gasteiger partial charge in [-0.15, -0.1) is 0 Å². The van der Waals surface area contributed by atoms with Crippen LogP contribution in [-0.2, 0) is 11.3 Å². The third kappa shape index (κ3) is 6.20. The lowest BCUT2D eigenvalue weighted by Gasteiger charge is -2.15. The molecule has 182 valence electrons. The minimum atomic E-state index is -0.464. The van der Waals surface area contributed by atoms with Crippen LogP contribution in [0.5, 0.6) is 17.2 Å². The number of rotatable bonds is 10. The third-order valence-corrected chi connectivity index (χ3v) is 5.10. The number of nitro benzene ring substituents is 1. The number of amides is 1. The molecular formula is C25H26N4O6. The highest BCUT2D eigenvalue weighted by atomic mass is 16.6. The summed E-state index contributed by atoms with van der Waals surface area (Å²) in [5.41, 5.74) is 8.26. The number of nitrogens with two attached hydrogens (primary N) is 1. The van der Waals surface area contributed by atoms with Crippen molar-refractivity contribution < 1.29 is 23.9 Å². The fraction of sp³-hybridized carbons (Fsp3) is 0.160. The van der Waals surface area contributed by atoms with Gasteiger partial charge >= 0.3 is 0 Å². The van der Waals surface area contributed by atoms with Gasteiger partial charge < -0.3 is 30.6 Å². The molecular weight excluding hydrogens is 452 g/mol. The van der Waals surface area contributed by atoms with E-state index in [1.165, 1.54) is 39.5 Å². The average Bonchev–Trinajstić information content (AvgIpc) is 2.86. The van der Waals surface area contributed by atoms with E-state index in [0.29, 0.717) is 45.4 Å². The van der Waals surface area contributed by atoms with Gasteiger partial charge in [0, 0.05) is 42.1 Å². The summed E-state index contributed by atoms with van der Waals surface area (Å²) >= 11 is 0. The van der Waals surface area contributed by atoms with Gasteiger partial charge in [-0.3, -0.25) is 14.9 Å². The molecule has 35 heavy (non-hydrogen) atoms. The Balaban J connectivity index is 1.75. The van der Waals surface area contributed by atoms with Gasteiger partial charge in [-0.05, 0) is 29.8 Å². The van der Waals surface area contributed by atoms with Crippen molar-refractivity contribution in [2.75, 3.05) is 37.7 Å². The molecule has 0 saturated heterocycles. The molecule has 3 aromatic carbocycles. The first-order valence-corrected chi connectivity index (χ1v) is 10.5. The van der Waals surface area contributed by atoms with Crippen LogP contribution in [0.3, 0.4) is 0 Å². The quantitative estimate of drug-likeness (QED) is 0.168. The fourth-order valence-corrected chi connectivity index (χ4v) is 3.34. The van der Waals surface area contributed by atoms with Gasteiger partial charge in [0.1, 0.15) is 0 Å². The Labute approximate surface area is 202 Å².